The predicted octanol–water partition coefficient (Wildman–Crippen LogP) is 1.98. The molecule has 0 aliphatic carbocycles. The van der Waals surface area contributed by atoms with Crippen LogP contribution >= 0.6 is 0 Å². The molecule has 0 heterocycles. The predicted molar refractivity (Wildman–Crippen MR) is 89.4 cm³/mol. The minimum atomic E-state index is -4.12. The van der Waals surface area contributed by atoms with E-state index in [0.717, 1.165) is 0 Å². The summed E-state index contributed by atoms with van der Waals surface area (Å²) in [5.41, 5.74) is 7.33. The Kier molecular flexibility index (Phi) is 5.27. The van der Waals surface area contributed by atoms with Gasteiger partial charge in [0.05, 0.1) is 11.3 Å². The van der Waals surface area contributed by atoms with Gasteiger partial charge in [-0.15, -0.1) is 0 Å². The highest BCUT2D eigenvalue weighted by Crippen LogP contribution is 2.27. The van der Waals surface area contributed by atoms with Crippen molar-refractivity contribution in [3.8, 4) is 5.75 Å². The molecule has 0 saturated carbocycles. The molecule has 2 rings (SSSR count). The third kappa shape index (κ3) is 5.14. The second kappa shape index (κ2) is 7.20. The van der Waals surface area contributed by atoms with E-state index in [1.807, 2.05) is 0 Å². The maximum absolute atomic E-state index is 11.0. The molecule has 0 unspecified atom stereocenters. The van der Waals surface area contributed by atoms with Crippen LogP contribution in [-0.2, 0) is 10.1 Å². The molecule has 0 bridgehead atoms. The number of benzene rings is 2. The molecule has 128 valence electrons. The summed E-state index contributed by atoms with van der Waals surface area (Å²) in [6.45, 7) is -0.249. The van der Waals surface area contributed by atoms with Crippen LogP contribution in [0.2, 0.25) is 0 Å². The quantitative estimate of drug-likeness (QED) is 0.438. The molecule has 2 aromatic rings. The zero-order valence-corrected chi connectivity index (χ0v) is 13.3. The van der Waals surface area contributed by atoms with Crippen LogP contribution in [0.1, 0.15) is 10.4 Å². The van der Waals surface area contributed by atoms with Crippen molar-refractivity contribution < 1.29 is 27.6 Å². The molecular weight excluding hydrogens is 336 g/mol. The highest BCUT2D eigenvalue weighted by molar-refractivity contribution is 7.85. The topological polar surface area (TPSA) is 139 Å². The molecule has 0 aromatic heterocycles. The third-order valence-corrected chi connectivity index (χ3v) is 3.69. The number of nitrogen functional groups attached to an aromatic ring is 1. The molecule has 0 spiro atoms. The lowest BCUT2D eigenvalue weighted by atomic mass is 10.2. The Morgan fingerprint density at radius 2 is 1.88 bits per heavy atom. The van der Waals surface area contributed by atoms with Gasteiger partial charge < -0.3 is 20.9 Å². The summed E-state index contributed by atoms with van der Waals surface area (Å²) in [5.74, 6) is -1.34. The second-order valence-electron chi connectivity index (χ2n) is 4.90. The van der Waals surface area contributed by atoms with Crippen LogP contribution in [0.25, 0.3) is 0 Å². The summed E-state index contributed by atoms with van der Waals surface area (Å²) >= 11 is 0. The van der Waals surface area contributed by atoms with Gasteiger partial charge in [0.25, 0.3) is 10.1 Å². The first-order chi connectivity index (χ1) is 11.2. The van der Waals surface area contributed by atoms with E-state index in [4.69, 9.17) is 20.1 Å². The van der Waals surface area contributed by atoms with E-state index in [-0.39, 0.29) is 17.9 Å². The van der Waals surface area contributed by atoms with E-state index < -0.39 is 21.8 Å². The van der Waals surface area contributed by atoms with Gasteiger partial charge in [-0.1, -0.05) is 6.07 Å². The van der Waals surface area contributed by atoms with E-state index in [1.54, 1.807) is 30.3 Å². The molecule has 0 aliphatic rings. The van der Waals surface area contributed by atoms with Gasteiger partial charge in [0.2, 0.25) is 0 Å². The van der Waals surface area contributed by atoms with E-state index in [1.165, 1.54) is 12.1 Å². The van der Waals surface area contributed by atoms with Crippen molar-refractivity contribution in [3.63, 3.8) is 0 Å². The average molecular weight is 352 g/mol. The summed E-state index contributed by atoms with van der Waals surface area (Å²) in [5, 5.41) is 12.0. The van der Waals surface area contributed by atoms with Crippen molar-refractivity contribution in [2.45, 2.75) is 0 Å². The van der Waals surface area contributed by atoms with E-state index >= 15 is 0 Å². The lowest BCUT2D eigenvalue weighted by molar-refractivity contribution is 0.0697. The number of carbonyl (C=O) groups is 1. The smallest absolute Gasteiger partial charge is 0.335 e. The maximum Gasteiger partial charge on any atom is 0.335 e. The lowest BCUT2D eigenvalue weighted by Gasteiger charge is -2.12. The number of ether oxygens (including phenoxy) is 1. The molecule has 0 saturated heterocycles. The van der Waals surface area contributed by atoms with Crippen molar-refractivity contribution in [1.82, 2.24) is 0 Å². The summed E-state index contributed by atoms with van der Waals surface area (Å²) in [6.07, 6.45) is 0. The van der Waals surface area contributed by atoms with Crippen molar-refractivity contribution in [1.29, 1.82) is 0 Å². The van der Waals surface area contributed by atoms with Crippen LogP contribution in [0.3, 0.4) is 0 Å². The zero-order valence-electron chi connectivity index (χ0n) is 12.5. The Balaban J connectivity index is 2.13. The molecule has 0 fully saturated rings. The Hall–Kier alpha value is -2.78. The summed E-state index contributed by atoms with van der Waals surface area (Å²) in [7, 11) is -4.12. The van der Waals surface area contributed by atoms with Crippen molar-refractivity contribution >= 4 is 33.1 Å². The number of aromatic carboxylic acids is 1. The standard InChI is InChI=1S/C15H16N2O6S/c16-13-5-4-12(9-14(13)23-6-7-24(20,21)22)17-11-3-1-2-10(8-11)15(18)19/h1-5,8-9,17H,6-7,16H2,(H,18,19)(H,20,21,22). The Morgan fingerprint density at radius 3 is 2.54 bits per heavy atom. The number of carboxylic acids is 1. The molecule has 0 aliphatic heterocycles. The van der Waals surface area contributed by atoms with Gasteiger partial charge in [-0.25, -0.2) is 4.79 Å². The number of rotatable bonds is 7. The van der Waals surface area contributed by atoms with Crippen LogP contribution in [0.5, 0.6) is 5.75 Å². The number of hydrogen-bond acceptors (Lipinski definition) is 6. The Bertz CT molecular complexity index is 851. The molecule has 5 N–H and O–H groups in total. The van der Waals surface area contributed by atoms with Crippen molar-refractivity contribution in [2.75, 3.05) is 23.4 Å². The number of nitrogens with one attached hydrogen (secondary N) is 1. The van der Waals surface area contributed by atoms with Gasteiger partial charge in [0.1, 0.15) is 18.1 Å². The largest absolute Gasteiger partial charge is 0.490 e. The summed E-state index contributed by atoms with van der Waals surface area (Å²) in [4.78, 5) is 11.0. The fourth-order valence-electron chi connectivity index (χ4n) is 1.89. The molecule has 0 radical (unpaired) electrons. The first-order valence-electron chi connectivity index (χ1n) is 6.82. The van der Waals surface area contributed by atoms with Crippen LogP contribution in [-0.4, -0.2) is 36.4 Å². The van der Waals surface area contributed by atoms with E-state index in [0.29, 0.717) is 17.1 Å². The molecule has 0 amide bonds. The van der Waals surface area contributed by atoms with E-state index in [9.17, 15) is 13.2 Å². The minimum absolute atomic E-state index is 0.139. The highest BCUT2D eigenvalue weighted by atomic mass is 32.2. The Labute approximate surface area is 138 Å². The number of carboxylic acid groups (broad SMARTS) is 1. The van der Waals surface area contributed by atoms with Crippen LogP contribution < -0.4 is 15.8 Å². The minimum Gasteiger partial charge on any atom is -0.490 e. The Morgan fingerprint density at radius 1 is 1.17 bits per heavy atom. The summed E-state index contributed by atoms with van der Waals surface area (Å²) in [6, 6.07) is 11.0. The van der Waals surface area contributed by atoms with Gasteiger partial charge >= 0.3 is 5.97 Å². The average Bonchev–Trinajstić information content (AvgIpc) is 2.49. The number of hydrogen-bond donors (Lipinski definition) is 4. The zero-order chi connectivity index (χ0) is 17.7. The lowest BCUT2D eigenvalue weighted by Crippen LogP contribution is -2.13. The molecule has 2 aromatic carbocycles. The first-order valence-corrected chi connectivity index (χ1v) is 8.43. The van der Waals surface area contributed by atoms with Gasteiger partial charge in [-0.3, -0.25) is 4.55 Å². The van der Waals surface area contributed by atoms with Crippen molar-refractivity contribution in [3.05, 3.63) is 48.0 Å². The fraction of sp³-hybridized carbons (Fsp3) is 0.133. The summed E-state index contributed by atoms with van der Waals surface area (Å²) < 4.78 is 35.3. The van der Waals surface area contributed by atoms with Gasteiger partial charge in [-0.2, -0.15) is 8.42 Å². The second-order valence-corrected chi connectivity index (χ2v) is 6.47. The van der Waals surface area contributed by atoms with Crippen LogP contribution in [0.4, 0.5) is 17.1 Å². The van der Waals surface area contributed by atoms with Gasteiger partial charge in [-0.05, 0) is 30.3 Å². The highest BCUT2D eigenvalue weighted by Gasteiger charge is 2.08. The fourth-order valence-corrected chi connectivity index (χ4v) is 2.18. The maximum atomic E-state index is 11.0. The monoisotopic (exact) mass is 352 g/mol. The van der Waals surface area contributed by atoms with E-state index in [2.05, 4.69) is 5.32 Å². The van der Waals surface area contributed by atoms with Crippen LogP contribution in [0.15, 0.2) is 42.5 Å². The van der Waals surface area contributed by atoms with Crippen LogP contribution in [0, 0.1) is 0 Å². The molecule has 9 heteroatoms. The SMILES string of the molecule is Nc1ccc(Nc2cccc(C(=O)O)c2)cc1OCCS(=O)(=O)O. The van der Waals surface area contributed by atoms with Gasteiger partial charge in [0, 0.05) is 17.4 Å². The molecule has 8 nitrogen and oxygen atoms in total. The number of nitrogens with two attached hydrogens (primary N) is 1. The normalized spacial score (nSPS) is 11.0. The molecular formula is C15H16N2O6S. The number of anilines is 3. The van der Waals surface area contributed by atoms with Crippen molar-refractivity contribution in [2.24, 2.45) is 0 Å². The first kappa shape index (κ1) is 17.6. The van der Waals surface area contributed by atoms with Gasteiger partial charge in [0.15, 0.2) is 0 Å². The third-order valence-electron chi connectivity index (χ3n) is 3.01. The molecule has 24 heavy (non-hydrogen) atoms. The molecule has 0 atom stereocenters.